The van der Waals surface area contributed by atoms with Crippen LogP contribution in [0.25, 0.3) is 110 Å². The highest BCUT2D eigenvalue weighted by atomic mass is 16.3. The fourth-order valence-electron chi connectivity index (χ4n) is 7.62. The standard InChI is InChI=1S/C48H28N2O2/c1-4-11-44-37(6-1)39-9-5-8-36(48(39)52-44)30-14-18-32(19-15-30)42-26-23-34-21-20-33-22-25-41(49-46(33)47(34)50-42)31-16-12-29(13-17-31)35-24-27-45-40(28-35)38-7-2-3-10-43(38)51-45/h1-28H. The normalized spacial score (nSPS) is 11.8. The van der Waals surface area contributed by atoms with Crippen molar-refractivity contribution in [2.24, 2.45) is 0 Å². The fourth-order valence-corrected chi connectivity index (χ4v) is 7.62. The lowest BCUT2D eigenvalue weighted by Gasteiger charge is -2.09. The maximum absolute atomic E-state index is 6.31. The summed E-state index contributed by atoms with van der Waals surface area (Å²) in [5.74, 6) is 0. The zero-order chi connectivity index (χ0) is 34.2. The number of hydrogen-bond acceptors (Lipinski definition) is 4. The first-order valence-electron chi connectivity index (χ1n) is 17.5. The zero-order valence-corrected chi connectivity index (χ0v) is 27.9. The number of aromatic nitrogens is 2. The van der Waals surface area contributed by atoms with E-state index >= 15 is 0 Å². The minimum Gasteiger partial charge on any atom is -0.456 e. The van der Waals surface area contributed by atoms with Crippen molar-refractivity contribution in [1.29, 1.82) is 0 Å². The number of para-hydroxylation sites is 3. The van der Waals surface area contributed by atoms with E-state index in [0.29, 0.717) is 0 Å². The molecule has 0 spiro atoms. The van der Waals surface area contributed by atoms with E-state index < -0.39 is 0 Å². The Labute approximate surface area is 298 Å². The van der Waals surface area contributed by atoms with Crippen molar-refractivity contribution in [1.82, 2.24) is 9.97 Å². The largest absolute Gasteiger partial charge is 0.456 e. The molecule has 11 aromatic rings. The molecule has 0 bridgehead atoms. The first-order valence-corrected chi connectivity index (χ1v) is 17.5. The topological polar surface area (TPSA) is 52.1 Å². The Kier molecular flexibility index (Phi) is 6.22. The number of furan rings is 2. The van der Waals surface area contributed by atoms with Gasteiger partial charge in [0.25, 0.3) is 0 Å². The molecule has 0 saturated heterocycles. The first kappa shape index (κ1) is 28.8. The van der Waals surface area contributed by atoms with E-state index in [2.05, 4.69) is 146 Å². The van der Waals surface area contributed by atoms with Gasteiger partial charge in [0.1, 0.15) is 22.3 Å². The molecule has 4 heteroatoms. The Morgan fingerprint density at radius 3 is 1.50 bits per heavy atom. The van der Waals surface area contributed by atoms with E-state index in [1.54, 1.807) is 0 Å². The molecule has 0 amide bonds. The van der Waals surface area contributed by atoms with Crippen LogP contribution < -0.4 is 0 Å². The quantitative estimate of drug-likeness (QED) is 0.176. The van der Waals surface area contributed by atoms with Gasteiger partial charge in [-0.15, -0.1) is 0 Å². The molecular formula is C48H28N2O2. The third-order valence-corrected chi connectivity index (χ3v) is 10.3. The smallest absolute Gasteiger partial charge is 0.143 e. The highest BCUT2D eigenvalue weighted by Crippen LogP contribution is 2.37. The second-order valence-corrected chi connectivity index (χ2v) is 13.3. The predicted octanol–water partition coefficient (Wildman–Crippen LogP) is 13.2. The predicted molar refractivity (Wildman–Crippen MR) is 213 cm³/mol. The number of fused-ring (bicyclic) bond motifs is 9. The van der Waals surface area contributed by atoms with E-state index in [0.717, 1.165) is 110 Å². The molecule has 0 aliphatic rings. The highest BCUT2D eigenvalue weighted by Gasteiger charge is 2.14. The lowest BCUT2D eigenvalue weighted by Crippen LogP contribution is -1.91. The molecule has 242 valence electrons. The Hall–Kier alpha value is -7.04. The minimum absolute atomic E-state index is 0.894. The summed E-state index contributed by atoms with van der Waals surface area (Å²) in [7, 11) is 0. The van der Waals surface area contributed by atoms with Crippen molar-refractivity contribution in [3.63, 3.8) is 0 Å². The molecule has 4 nitrogen and oxygen atoms in total. The van der Waals surface area contributed by atoms with Crippen LogP contribution >= 0.6 is 0 Å². The van der Waals surface area contributed by atoms with Crippen molar-refractivity contribution >= 4 is 65.7 Å². The van der Waals surface area contributed by atoms with E-state index in [1.807, 2.05) is 24.3 Å². The van der Waals surface area contributed by atoms with E-state index in [-0.39, 0.29) is 0 Å². The van der Waals surface area contributed by atoms with Gasteiger partial charge in [0.15, 0.2) is 0 Å². The maximum Gasteiger partial charge on any atom is 0.143 e. The van der Waals surface area contributed by atoms with Gasteiger partial charge in [0.05, 0.1) is 22.4 Å². The molecule has 0 aliphatic heterocycles. The molecule has 0 aliphatic carbocycles. The molecule has 4 heterocycles. The molecule has 52 heavy (non-hydrogen) atoms. The molecule has 11 rings (SSSR count). The Morgan fingerprint density at radius 1 is 0.327 bits per heavy atom. The van der Waals surface area contributed by atoms with Gasteiger partial charge < -0.3 is 8.83 Å². The third-order valence-electron chi connectivity index (χ3n) is 10.3. The first-order chi connectivity index (χ1) is 25.7. The average molecular weight is 665 g/mol. The van der Waals surface area contributed by atoms with Crippen LogP contribution in [-0.4, -0.2) is 9.97 Å². The van der Waals surface area contributed by atoms with Crippen LogP contribution in [0.3, 0.4) is 0 Å². The number of benzene rings is 7. The van der Waals surface area contributed by atoms with E-state index in [1.165, 1.54) is 0 Å². The van der Waals surface area contributed by atoms with Crippen molar-refractivity contribution in [2.75, 3.05) is 0 Å². The fraction of sp³-hybridized carbons (Fsp3) is 0. The molecule has 7 aromatic carbocycles. The highest BCUT2D eigenvalue weighted by molar-refractivity contribution is 6.10. The summed E-state index contributed by atoms with van der Waals surface area (Å²) in [5, 5.41) is 6.65. The average Bonchev–Trinajstić information content (AvgIpc) is 3.79. The van der Waals surface area contributed by atoms with E-state index in [9.17, 15) is 0 Å². The van der Waals surface area contributed by atoms with Gasteiger partial charge in [-0.05, 0) is 53.1 Å². The summed E-state index contributed by atoms with van der Waals surface area (Å²) in [6.07, 6.45) is 0. The van der Waals surface area contributed by atoms with Crippen LogP contribution in [0.1, 0.15) is 0 Å². The maximum atomic E-state index is 6.31. The summed E-state index contributed by atoms with van der Waals surface area (Å²) < 4.78 is 12.4. The van der Waals surface area contributed by atoms with Gasteiger partial charge in [0.2, 0.25) is 0 Å². The molecule has 0 unspecified atom stereocenters. The van der Waals surface area contributed by atoms with Crippen LogP contribution in [0.5, 0.6) is 0 Å². The molecule has 0 radical (unpaired) electrons. The molecule has 0 atom stereocenters. The van der Waals surface area contributed by atoms with Gasteiger partial charge >= 0.3 is 0 Å². The number of rotatable bonds is 4. The summed E-state index contributed by atoms with van der Waals surface area (Å²) in [5.41, 5.74) is 13.8. The van der Waals surface area contributed by atoms with E-state index in [4.69, 9.17) is 18.8 Å². The van der Waals surface area contributed by atoms with Gasteiger partial charge in [0, 0.05) is 49.0 Å². The Balaban J connectivity index is 0.934. The number of nitrogens with zero attached hydrogens (tertiary/aromatic N) is 2. The Morgan fingerprint density at radius 2 is 0.827 bits per heavy atom. The van der Waals surface area contributed by atoms with Crippen LogP contribution in [0.2, 0.25) is 0 Å². The van der Waals surface area contributed by atoms with Gasteiger partial charge in [-0.1, -0.05) is 133 Å². The van der Waals surface area contributed by atoms with Crippen molar-refractivity contribution < 1.29 is 8.83 Å². The summed E-state index contributed by atoms with van der Waals surface area (Å²) in [6, 6.07) is 59.1. The van der Waals surface area contributed by atoms with Gasteiger partial charge in [-0.25, -0.2) is 9.97 Å². The molecular weight excluding hydrogens is 637 g/mol. The molecule has 0 saturated carbocycles. The summed E-state index contributed by atoms with van der Waals surface area (Å²) in [6.45, 7) is 0. The summed E-state index contributed by atoms with van der Waals surface area (Å²) in [4.78, 5) is 10.4. The van der Waals surface area contributed by atoms with Crippen molar-refractivity contribution in [3.8, 4) is 44.8 Å². The number of pyridine rings is 2. The van der Waals surface area contributed by atoms with Crippen molar-refractivity contribution in [2.45, 2.75) is 0 Å². The monoisotopic (exact) mass is 664 g/mol. The SMILES string of the molecule is c1ccc2c(c1)oc1ccc(-c3ccc(-c4ccc5ccc6ccc(-c7ccc(-c8cccc9c8oc8ccccc89)cc7)nc6c5n4)cc3)cc12. The van der Waals surface area contributed by atoms with Crippen molar-refractivity contribution in [3.05, 3.63) is 170 Å². The lowest BCUT2D eigenvalue weighted by molar-refractivity contribution is 0.669. The van der Waals surface area contributed by atoms with Crippen LogP contribution in [0, 0.1) is 0 Å². The van der Waals surface area contributed by atoms with Crippen LogP contribution in [-0.2, 0) is 0 Å². The second kappa shape index (κ2) is 11.2. The molecule has 4 aromatic heterocycles. The number of hydrogen-bond donors (Lipinski definition) is 0. The molecule has 0 N–H and O–H groups in total. The second-order valence-electron chi connectivity index (χ2n) is 13.3. The third kappa shape index (κ3) is 4.55. The van der Waals surface area contributed by atoms with Gasteiger partial charge in [-0.3, -0.25) is 0 Å². The lowest BCUT2D eigenvalue weighted by atomic mass is 9.99. The van der Waals surface area contributed by atoms with Crippen LogP contribution in [0.15, 0.2) is 179 Å². The zero-order valence-electron chi connectivity index (χ0n) is 27.9. The molecule has 0 fully saturated rings. The minimum atomic E-state index is 0.894. The Bertz CT molecular complexity index is 3170. The summed E-state index contributed by atoms with van der Waals surface area (Å²) >= 11 is 0. The van der Waals surface area contributed by atoms with Crippen LogP contribution in [0.4, 0.5) is 0 Å². The van der Waals surface area contributed by atoms with Gasteiger partial charge in [-0.2, -0.15) is 0 Å².